The molecule has 1 rings (SSSR count). The number of allylic oxidation sites excluding steroid dienone is 1. The fourth-order valence-electron chi connectivity index (χ4n) is 1.83. The predicted molar refractivity (Wildman–Crippen MR) is 81.2 cm³/mol. The van der Waals surface area contributed by atoms with Crippen LogP contribution in [0.2, 0.25) is 0 Å². The summed E-state index contributed by atoms with van der Waals surface area (Å²) in [5, 5.41) is 14.1. The van der Waals surface area contributed by atoms with Crippen LogP contribution in [0.4, 0.5) is 32.0 Å². The third-order valence-corrected chi connectivity index (χ3v) is 3.10. The number of hydrogen-bond acceptors (Lipinski definition) is 3. The van der Waals surface area contributed by atoms with Crippen molar-refractivity contribution in [2.24, 2.45) is 5.92 Å². The zero-order chi connectivity index (χ0) is 19.3. The summed E-state index contributed by atoms with van der Waals surface area (Å²) in [6.45, 7) is 4.48. The van der Waals surface area contributed by atoms with Crippen molar-refractivity contribution in [1.29, 1.82) is 5.26 Å². The maximum Gasteiger partial charge on any atom is 0.416 e. The summed E-state index contributed by atoms with van der Waals surface area (Å²) in [5.41, 5.74) is -3.57. The molecule has 2 N–H and O–H groups in total. The van der Waals surface area contributed by atoms with Crippen LogP contribution < -0.4 is 10.6 Å². The van der Waals surface area contributed by atoms with Gasteiger partial charge in [-0.1, -0.05) is 13.8 Å². The number of anilines is 1. The molecule has 0 saturated heterocycles. The van der Waals surface area contributed by atoms with Gasteiger partial charge in [-0.2, -0.15) is 31.6 Å². The first-order valence-electron chi connectivity index (χ1n) is 7.33. The summed E-state index contributed by atoms with van der Waals surface area (Å²) in [4.78, 5) is 0. The average Bonchev–Trinajstić information content (AvgIpc) is 2.48. The smallest absolute Gasteiger partial charge is 0.389 e. The third-order valence-electron chi connectivity index (χ3n) is 3.10. The first-order chi connectivity index (χ1) is 11.4. The maximum absolute atomic E-state index is 12.8. The lowest BCUT2D eigenvalue weighted by Crippen LogP contribution is -2.14. The van der Waals surface area contributed by atoms with E-state index in [1.54, 1.807) is 6.07 Å². The molecular formula is C16H17F6N3. The minimum absolute atomic E-state index is 0.0296. The van der Waals surface area contributed by atoms with Crippen molar-refractivity contribution in [3.8, 4) is 6.07 Å². The SMILES string of the molecule is CC(C)CCNC=C(C#N)Nc1cc(C(F)(F)F)cc(C(F)(F)F)c1. The second-order valence-electron chi connectivity index (χ2n) is 5.73. The molecule has 0 radical (unpaired) electrons. The molecule has 1 aromatic rings. The van der Waals surface area contributed by atoms with Crippen molar-refractivity contribution in [3.63, 3.8) is 0 Å². The van der Waals surface area contributed by atoms with E-state index in [0.717, 1.165) is 6.42 Å². The van der Waals surface area contributed by atoms with Crippen molar-refractivity contribution in [2.45, 2.75) is 32.6 Å². The molecule has 0 aliphatic heterocycles. The Labute approximate surface area is 141 Å². The fraction of sp³-hybridized carbons (Fsp3) is 0.438. The Morgan fingerprint density at radius 2 is 1.60 bits per heavy atom. The molecule has 0 saturated carbocycles. The molecule has 0 bridgehead atoms. The highest BCUT2D eigenvalue weighted by Crippen LogP contribution is 2.37. The van der Waals surface area contributed by atoms with Crippen molar-refractivity contribution >= 4 is 5.69 Å². The topological polar surface area (TPSA) is 47.9 Å². The molecule has 9 heteroatoms. The molecule has 25 heavy (non-hydrogen) atoms. The highest BCUT2D eigenvalue weighted by Gasteiger charge is 2.36. The predicted octanol–water partition coefficient (Wildman–Crippen LogP) is 5.14. The highest BCUT2D eigenvalue weighted by atomic mass is 19.4. The first kappa shape index (κ1) is 20.7. The standard InChI is InChI=1S/C16H17F6N3/c1-10(2)3-4-24-9-14(8-23)25-13-6-11(15(17,18)19)5-12(7-13)16(20,21)22/h5-7,9-10,24-25H,3-4H2,1-2H3. The molecule has 0 heterocycles. The van der Waals surface area contributed by atoms with Gasteiger partial charge in [0.2, 0.25) is 0 Å². The Morgan fingerprint density at radius 3 is 2.00 bits per heavy atom. The van der Waals surface area contributed by atoms with Gasteiger partial charge < -0.3 is 10.6 Å². The quantitative estimate of drug-likeness (QED) is 0.417. The van der Waals surface area contributed by atoms with Crippen molar-refractivity contribution in [2.75, 3.05) is 11.9 Å². The molecule has 138 valence electrons. The Hall–Kier alpha value is -2.37. The van der Waals surface area contributed by atoms with E-state index in [-0.39, 0.29) is 11.8 Å². The lowest BCUT2D eigenvalue weighted by Gasteiger charge is -2.15. The molecule has 0 atom stereocenters. The van der Waals surface area contributed by atoms with Crippen LogP contribution in [0.5, 0.6) is 0 Å². The number of alkyl halides is 6. The van der Waals surface area contributed by atoms with Crippen LogP contribution >= 0.6 is 0 Å². The zero-order valence-corrected chi connectivity index (χ0v) is 13.5. The van der Waals surface area contributed by atoms with Gasteiger partial charge in [-0.25, -0.2) is 0 Å². The van der Waals surface area contributed by atoms with Gasteiger partial charge in [0.1, 0.15) is 11.8 Å². The van der Waals surface area contributed by atoms with E-state index in [9.17, 15) is 26.3 Å². The number of halogens is 6. The number of nitrogens with one attached hydrogen (secondary N) is 2. The second kappa shape index (κ2) is 8.14. The Kier molecular flexibility index (Phi) is 6.73. The molecule has 3 nitrogen and oxygen atoms in total. The van der Waals surface area contributed by atoms with Crippen LogP contribution in [0, 0.1) is 17.2 Å². The number of nitriles is 1. The van der Waals surface area contributed by atoms with Crippen LogP contribution in [-0.4, -0.2) is 6.54 Å². The largest absolute Gasteiger partial charge is 0.416 e. The number of hydrogen-bond donors (Lipinski definition) is 2. The highest BCUT2D eigenvalue weighted by molar-refractivity contribution is 5.56. The summed E-state index contributed by atoms with van der Waals surface area (Å²) in [7, 11) is 0. The van der Waals surface area contributed by atoms with Gasteiger partial charge >= 0.3 is 12.4 Å². The number of rotatable bonds is 6. The van der Waals surface area contributed by atoms with Crippen LogP contribution in [0.15, 0.2) is 30.1 Å². The lowest BCUT2D eigenvalue weighted by molar-refractivity contribution is -0.143. The van der Waals surface area contributed by atoms with Crippen molar-refractivity contribution in [3.05, 3.63) is 41.2 Å². The van der Waals surface area contributed by atoms with E-state index in [1.807, 2.05) is 13.8 Å². The van der Waals surface area contributed by atoms with Gasteiger partial charge in [0.25, 0.3) is 0 Å². The Balaban J connectivity index is 3.06. The van der Waals surface area contributed by atoms with Gasteiger partial charge in [-0.3, -0.25) is 0 Å². The maximum atomic E-state index is 12.8. The average molecular weight is 365 g/mol. The Bertz CT molecular complexity index is 621. The third kappa shape index (κ3) is 6.95. The van der Waals surface area contributed by atoms with Crippen LogP contribution in [-0.2, 0) is 12.4 Å². The zero-order valence-electron chi connectivity index (χ0n) is 13.5. The molecule has 0 spiro atoms. The molecule has 0 fully saturated rings. The van der Waals surface area contributed by atoms with Crippen LogP contribution in [0.25, 0.3) is 0 Å². The van der Waals surface area contributed by atoms with E-state index in [4.69, 9.17) is 5.26 Å². The molecule has 0 unspecified atom stereocenters. The molecule has 0 aliphatic carbocycles. The summed E-state index contributed by atoms with van der Waals surface area (Å²) >= 11 is 0. The van der Waals surface area contributed by atoms with Crippen molar-refractivity contribution in [1.82, 2.24) is 5.32 Å². The summed E-state index contributed by atoms with van der Waals surface area (Å²) in [6, 6.07) is 2.75. The normalized spacial score (nSPS) is 12.9. The van der Waals surface area contributed by atoms with Gasteiger partial charge in [0.05, 0.1) is 11.1 Å². The van der Waals surface area contributed by atoms with Gasteiger partial charge in [0, 0.05) is 18.4 Å². The first-order valence-corrected chi connectivity index (χ1v) is 7.33. The van der Waals surface area contributed by atoms with E-state index < -0.39 is 29.2 Å². The molecule has 0 aromatic heterocycles. The molecular weight excluding hydrogens is 348 g/mol. The Morgan fingerprint density at radius 1 is 1.08 bits per heavy atom. The van der Waals surface area contributed by atoms with Crippen LogP contribution in [0.3, 0.4) is 0 Å². The second-order valence-corrected chi connectivity index (χ2v) is 5.73. The summed E-state index contributed by atoms with van der Waals surface area (Å²) in [5.74, 6) is 0.400. The summed E-state index contributed by atoms with van der Waals surface area (Å²) in [6.07, 6.45) is -7.87. The summed E-state index contributed by atoms with van der Waals surface area (Å²) < 4.78 is 76.8. The van der Waals surface area contributed by atoms with Crippen LogP contribution in [0.1, 0.15) is 31.4 Å². The van der Waals surface area contributed by atoms with E-state index >= 15 is 0 Å². The fourth-order valence-corrected chi connectivity index (χ4v) is 1.83. The minimum Gasteiger partial charge on any atom is -0.389 e. The number of nitrogens with zero attached hydrogens (tertiary/aromatic N) is 1. The molecule has 0 amide bonds. The lowest BCUT2D eigenvalue weighted by atomic mass is 10.1. The monoisotopic (exact) mass is 365 g/mol. The minimum atomic E-state index is -4.94. The number of benzene rings is 1. The molecule has 0 aliphatic rings. The van der Waals surface area contributed by atoms with Gasteiger partial charge in [-0.15, -0.1) is 0 Å². The van der Waals surface area contributed by atoms with Crippen molar-refractivity contribution < 1.29 is 26.3 Å². The van der Waals surface area contributed by atoms with Gasteiger partial charge in [0.15, 0.2) is 0 Å². The van der Waals surface area contributed by atoms with E-state index in [1.165, 1.54) is 6.20 Å². The van der Waals surface area contributed by atoms with E-state index in [0.29, 0.717) is 24.6 Å². The molecule has 1 aromatic carbocycles. The van der Waals surface area contributed by atoms with E-state index in [2.05, 4.69) is 10.6 Å². The van der Waals surface area contributed by atoms with Gasteiger partial charge in [-0.05, 0) is 30.5 Å².